The van der Waals surface area contributed by atoms with Crippen LogP contribution in [0.5, 0.6) is 5.75 Å². The van der Waals surface area contributed by atoms with Crippen molar-refractivity contribution < 1.29 is 9.53 Å². The first-order valence-corrected chi connectivity index (χ1v) is 9.13. The fraction of sp³-hybridized carbons (Fsp3) is 0.130. The van der Waals surface area contributed by atoms with Crippen LogP contribution in [0.1, 0.15) is 28.9 Å². The number of methoxy groups -OCH3 is 1. The summed E-state index contributed by atoms with van der Waals surface area (Å²) in [5.74, 6) is 0.490. The first-order chi connectivity index (χ1) is 13.7. The lowest BCUT2D eigenvalue weighted by Gasteiger charge is -2.17. The van der Waals surface area contributed by atoms with Crippen molar-refractivity contribution in [2.75, 3.05) is 7.11 Å². The number of aromatic amines is 1. The van der Waals surface area contributed by atoms with Crippen LogP contribution in [-0.4, -0.2) is 23.2 Å². The number of ether oxygens (including phenoxy) is 1. The van der Waals surface area contributed by atoms with Gasteiger partial charge >= 0.3 is 0 Å². The molecule has 5 heteroatoms. The van der Waals surface area contributed by atoms with Crippen LogP contribution in [0, 0.1) is 0 Å². The molecule has 0 unspecified atom stereocenters. The molecule has 5 nitrogen and oxygen atoms in total. The maximum atomic E-state index is 12.8. The molecule has 0 radical (unpaired) electrons. The number of amides is 1. The van der Waals surface area contributed by atoms with Crippen molar-refractivity contribution >= 4 is 16.7 Å². The van der Waals surface area contributed by atoms with E-state index in [1.54, 1.807) is 31.6 Å². The van der Waals surface area contributed by atoms with Gasteiger partial charge in [-0.2, -0.15) is 5.10 Å². The molecule has 1 aromatic heterocycles. The van der Waals surface area contributed by atoms with Gasteiger partial charge in [-0.25, -0.2) is 0 Å². The molecule has 1 atom stereocenters. The molecule has 3 aromatic carbocycles. The van der Waals surface area contributed by atoms with Crippen LogP contribution in [0.3, 0.4) is 0 Å². The van der Waals surface area contributed by atoms with Crippen LogP contribution in [0.2, 0.25) is 0 Å². The molecule has 0 saturated carbocycles. The molecule has 4 aromatic rings. The van der Waals surface area contributed by atoms with Crippen molar-refractivity contribution in [1.29, 1.82) is 0 Å². The second-order valence-electron chi connectivity index (χ2n) is 6.67. The fourth-order valence-electron chi connectivity index (χ4n) is 3.45. The van der Waals surface area contributed by atoms with E-state index in [0.717, 1.165) is 27.5 Å². The minimum atomic E-state index is -0.141. The summed E-state index contributed by atoms with van der Waals surface area (Å²) in [6.07, 6.45) is 3.51. The molecule has 0 saturated heterocycles. The monoisotopic (exact) mass is 371 g/mol. The van der Waals surface area contributed by atoms with E-state index in [1.165, 1.54) is 0 Å². The standard InChI is InChI=1S/C23H21N3O2/c1-15(19-9-5-7-16-6-3-4-8-20(16)19)26-23(27)17-10-11-21(22(12-17)28-2)18-13-24-25-14-18/h3-15H,1-2H3,(H,24,25)(H,26,27)/t15-/m1/s1. The Morgan fingerprint density at radius 3 is 2.71 bits per heavy atom. The van der Waals surface area contributed by atoms with Crippen LogP contribution in [-0.2, 0) is 0 Å². The molecule has 140 valence electrons. The molecule has 0 aliphatic rings. The average Bonchev–Trinajstić information content (AvgIpc) is 3.27. The van der Waals surface area contributed by atoms with Gasteiger partial charge in [0.25, 0.3) is 5.91 Å². The zero-order valence-electron chi connectivity index (χ0n) is 15.8. The lowest BCUT2D eigenvalue weighted by molar-refractivity contribution is 0.0940. The van der Waals surface area contributed by atoms with Gasteiger partial charge in [0.15, 0.2) is 0 Å². The number of fused-ring (bicyclic) bond motifs is 1. The fourth-order valence-corrected chi connectivity index (χ4v) is 3.45. The highest BCUT2D eigenvalue weighted by molar-refractivity contribution is 5.96. The molecule has 0 fully saturated rings. The Morgan fingerprint density at radius 1 is 1.11 bits per heavy atom. The highest BCUT2D eigenvalue weighted by Gasteiger charge is 2.16. The number of carbonyl (C=O) groups excluding carboxylic acids is 1. The largest absolute Gasteiger partial charge is 0.496 e. The second kappa shape index (κ2) is 7.56. The van der Waals surface area contributed by atoms with Crippen molar-refractivity contribution in [2.24, 2.45) is 0 Å². The average molecular weight is 371 g/mol. The summed E-state index contributed by atoms with van der Waals surface area (Å²) in [6, 6.07) is 19.6. The quantitative estimate of drug-likeness (QED) is 0.533. The van der Waals surface area contributed by atoms with Gasteiger partial charge in [-0.1, -0.05) is 42.5 Å². The molecule has 28 heavy (non-hydrogen) atoms. The number of H-pyrrole nitrogens is 1. The predicted molar refractivity (Wildman–Crippen MR) is 110 cm³/mol. The molecular formula is C23H21N3O2. The van der Waals surface area contributed by atoms with E-state index in [1.807, 2.05) is 31.2 Å². The number of carbonyl (C=O) groups is 1. The van der Waals surface area contributed by atoms with Crippen molar-refractivity contribution in [3.63, 3.8) is 0 Å². The number of hydrogen-bond donors (Lipinski definition) is 2. The van der Waals surface area contributed by atoms with Gasteiger partial charge in [0.2, 0.25) is 0 Å². The van der Waals surface area contributed by atoms with E-state index in [2.05, 4.69) is 39.8 Å². The zero-order valence-corrected chi connectivity index (χ0v) is 15.8. The minimum absolute atomic E-state index is 0.127. The third-order valence-corrected chi connectivity index (χ3v) is 4.91. The van der Waals surface area contributed by atoms with E-state index in [9.17, 15) is 4.79 Å². The first-order valence-electron chi connectivity index (χ1n) is 9.13. The lowest BCUT2D eigenvalue weighted by Crippen LogP contribution is -2.26. The molecule has 4 rings (SSSR count). The normalized spacial score (nSPS) is 11.9. The topological polar surface area (TPSA) is 67.0 Å². The Bertz CT molecular complexity index is 1110. The lowest BCUT2D eigenvalue weighted by atomic mass is 9.99. The number of hydrogen-bond acceptors (Lipinski definition) is 3. The molecular weight excluding hydrogens is 350 g/mol. The van der Waals surface area contributed by atoms with Gasteiger partial charge in [-0.3, -0.25) is 9.89 Å². The number of aromatic nitrogens is 2. The van der Waals surface area contributed by atoms with Gasteiger partial charge in [-0.05, 0) is 41.5 Å². The molecule has 1 heterocycles. The van der Waals surface area contributed by atoms with Crippen LogP contribution >= 0.6 is 0 Å². The summed E-state index contributed by atoms with van der Waals surface area (Å²) in [5.41, 5.74) is 3.44. The molecule has 2 N–H and O–H groups in total. The molecule has 1 amide bonds. The zero-order chi connectivity index (χ0) is 19.5. The second-order valence-corrected chi connectivity index (χ2v) is 6.67. The van der Waals surface area contributed by atoms with Crippen molar-refractivity contribution in [3.8, 4) is 16.9 Å². The third-order valence-electron chi connectivity index (χ3n) is 4.91. The summed E-state index contributed by atoms with van der Waals surface area (Å²) < 4.78 is 5.49. The van der Waals surface area contributed by atoms with E-state index in [4.69, 9.17) is 4.74 Å². The molecule has 0 aliphatic carbocycles. The van der Waals surface area contributed by atoms with Gasteiger partial charge in [0, 0.05) is 22.9 Å². The third kappa shape index (κ3) is 3.34. The minimum Gasteiger partial charge on any atom is -0.496 e. The highest BCUT2D eigenvalue weighted by atomic mass is 16.5. The summed E-state index contributed by atoms with van der Waals surface area (Å²) >= 11 is 0. The SMILES string of the molecule is COc1cc(C(=O)N[C@H](C)c2cccc3ccccc23)ccc1-c1cn[nH]c1. The van der Waals surface area contributed by atoms with Crippen LogP contribution < -0.4 is 10.1 Å². The van der Waals surface area contributed by atoms with Gasteiger partial charge in [-0.15, -0.1) is 0 Å². The number of rotatable bonds is 5. The molecule has 0 spiro atoms. The summed E-state index contributed by atoms with van der Waals surface area (Å²) in [5, 5.41) is 12.2. The Hall–Kier alpha value is -3.60. The van der Waals surface area contributed by atoms with Crippen LogP contribution in [0.15, 0.2) is 73.1 Å². The Balaban J connectivity index is 1.59. The number of benzene rings is 3. The van der Waals surface area contributed by atoms with Gasteiger partial charge < -0.3 is 10.1 Å². The molecule has 0 aliphatic heterocycles. The maximum absolute atomic E-state index is 12.8. The maximum Gasteiger partial charge on any atom is 0.251 e. The first kappa shape index (κ1) is 17.8. The summed E-state index contributed by atoms with van der Waals surface area (Å²) in [6.45, 7) is 2.00. The van der Waals surface area contributed by atoms with E-state index in [0.29, 0.717) is 11.3 Å². The highest BCUT2D eigenvalue weighted by Crippen LogP contribution is 2.30. The number of nitrogens with zero attached hydrogens (tertiary/aromatic N) is 1. The molecule has 0 bridgehead atoms. The van der Waals surface area contributed by atoms with Crippen molar-refractivity contribution in [2.45, 2.75) is 13.0 Å². The summed E-state index contributed by atoms with van der Waals surface area (Å²) in [4.78, 5) is 12.8. The van der Waals surface area contributed by atoms with E-state index >= 15 is 0 Å². The smallest absolute Gasteiger partial charge is 0.251 e. The predicted octanol–water partition coefficient (Wildman–Crippen LogP) is 4.73. The van der Waals surface area contributed by atoms with Gasteiger partial charge in [0.1, 0.15) is 5.75 Å². The van der Waals surface area contributed by atoms with Crippen molar-refractivity contribution in [1.82, 2.24) is 15.5 Å². The van der Waals surface area contributed by atoms with Crippen LogP contribution in [0.4, 0.5) is 0 Å². The van der Waals surface area contributed by atoms with Crippen molar-refractivity contribution in [3.05, 3.63) is 84.2 Å². The summed E-state index contributed by atoms with van der Waals surface area (Å²) in [7, 11) is 1.60. The van der Waals surface area contributed by atoms with Gasteiger partial charge in [0.05, 0.1) is 19.3 Å². The Labute approximate surface area is 163 Å². The van der Waals surface area contributed by atoms with E-state index < -0.39 is 0 Å². The Morgan fingerprint density at radius 2 is 1.93 bits per heavy atom. The number of nitrogens with one attached hydrogen (secondary N) is 2. The van der Waals surface area contributed by atoms with Crippen LogP contribution in [0.25, 0.3) is 21.9 Å². The Kier molecular flexibility index (Phi) is 4.81. The van der Waals surface area contributed by atoms with E-state index in [-0.39, 0.29) is 11.9 Å².